The van der Waals surface area contributed by atoms with Gasteiger partial charge in [-0.2, -0.15) is 10.5 Å². The summed E-state index contributed by atoms with van der Waals surface area (Å²) in [5.41, 5.74) is 5.05. The molecule has 3 N–H and O–H groups in total. The van der Waals surface area contributed by atoms with E-state index in [0.717, 1.165) is 12.8 Å². The molecule has 0 heterocycles. The fourth-order valence-corrected chi connectivity index (χ4v) is 2.90. The second-order valence-corrected chi connectivity index (χ2v) is 8.87. The molecule has 0 aromatic heterocycles. The van der Waals surface area contributed by atoms with E-state index in [0.29, 0.717) is 51.9 Å². The van der Waals surface area contributed by atoms with Crippen molar-refractivity contribution in [3.8, 4) is 12.3 Å². The number of nitrogens with zero attached hydrogens (tertiary/aromatic N) is 2. The van der Waals surface area contributed by atoms with Gasteiger partial charge in [-0.25, -0.2) is 0 Å². The highest BCUT2D eigenvalue weighted by atomic mass is 16.5. The smallest absolute Gasteiger partial charge is 0.246 e. The van der Waals surface area contributed by atoms with E-state index < -0.39 is 12.0 Å². The number of carbonyl (C=O) groups is 2. The Labute approximate surface area is 174 Å². The number of rotatable bonds is 16. The maximum Gasteiger partial charge on any atom is 0.246 e. The highest BCUT2D eigenvalue weighted by Crippen LogP contribution is 2.28. The molecule has 0 aromatic rings. The van der Waals surface area contributed by atoms with Gasteiger partial charge in [0.05, 0.1) is 6.07 Å². The summed E-state index contributed by atoms with van der Waals surface area (Å²) >= 11 is 0. The second kappa shape index (κ2) is 13.9. The van der Waals surface area contributed by atoms with Gasteiger partial charge in [0, 0.05) is 32.7 Å². The molecule has 164 valence electrons. The number of nitriles is 2. The Morgan fingerprint density at radius 2 is 1.69 bits per heavy atom. The molecule has 2 amide bonds. The van der Waals surface area contributed by atoms with Gasteiger partial charge in [0.1, 0.15) is 6.10 Å². The van der Waals surface area contributed by atoms with Gasteiger partial charge in [-0.05, 0) is 42.9 Å². The predicted molar refractivity (Wildman–Crippen MR) is 109 cm³/mol. The lowest BCUT2D eigenvalue weighted by Crippen LogP contribution is -2.33. The molecule has 0 saturated heterocycles. The number of amides is 2. The molecule has 29 heavy (non-hydrogen) atoms. The average molecular weight is 409 g/mol. The quantitative estimate of drug-likeness (QED) is 0.229. The van der Waals surface area contributed by atoms with Gasteiger partial charge in [0.15, 0.2) is 6.19 Å². The molecule has 0 fully saturated rings. The van der Waals surface area contributed by atoms with Crippen molar-refractivity contribution in [3.63, 3.8) is 0 Å². The number of ether oxygens (including phenoxy) is 2. The highest BCUT2D eigenvalue weighted by molar-refractivity contribution is 5.78. The summed E-state index contributed by atoms with van der Waals surface area (Å²) in [5, 5.41) is 19.4. The fraction of sp³-hybridized carbons (Fsp3) is 0.810. The van der Waals surface area contributed by atoms with E-state index in [-0.39, 0.29) is 16.7 Å². The normalized spacial score (nSPS) is 12.6. The lowest BCUT2D eigenvalue weighted by atomic mass is 9.84. The predicted octanol–water partition coefficient (Wildman–Crippen LogP) is 2.78. The third-order valence-electron chi connectivity index (χ3n) is 4.69. The molecule has 8 heteroatoms. The summed E-state index contributed by atoms with van der Waals surface area (Å²) < 4.78 is 11.2. The number of carbonyl (C=O) groups excluding carboxylic acids is 2. The van der Waals surface area contributed by atoms with Crippen molar-refractivity contribution in [2.75, 3.05) is 19.8 Å². The van der Waals surface area contributed by atoms with Gasteiger partial charge in [-0.3, -0.25) is 14.9 Å². The summed E-state index contributed by atoms with van der Waals surface area (Å²) in [5.74, 6) is -0.753. The summed E-state index contributed by atoms with van der Waals surface area (Å²) in [6.45, 7) is 9.41. The van der Waals surface area contributed by atoms with Crippen LogP contribution in [-0.2, 0) is 19.1 Å². The van der Waals surface area contributed by atoms with Gasteiger partial charge in [-0.1, -0.05) is 27.7 Å². The maximum absolute atomic E-state index is 11.5. The van der Waals surface area contributed by atoms with Crippen LogP contribution in [0.15, 0.2) is 0 Å². The van der Waals surface area contributed by atoms with Crippen molar-refractivity contribution in [1.82, 2.24) is 5.32 Å². The third-order valence-corrected chi connectivity index (χ3v) is 4.69. The van der Waals surface area contributed by atoms with Crippen molar-refractivity contribution in [1.29, 1.82) is 10.5 Å². The first-order valence-corrected chi connectivity index (χ1v) is 10.1. The third kappa shape index (κ3) is 14.5. The largest absolute Gasteiger partial charge is 0.381 e. The van der Waals surface area contributed by atoms with Crippen molar-refractivity contribution in [2.24, 2.45) is 16.6 Å². The molecule has 0 rings (SSSR count). The summed E-state index contributed by atoms with van der Waals surface area (Å²) in [6.07, 6.45) is 5.18. The number of nitrogens with two attached hydrogens (primary N) is 1. The Hall–Kier alpha value is -2.16. The van der Waals surface area contributed by atoms with E-state index in [1.807, 2.05) is 27.7 Å². The molecule has 0 radical (unpaired) electrons. The first kappa shape index (κ1) is 26.8. The van der Waals surface area contributed by atoms with Crippen molar-refractivity contribution in [3.05, 3.63) is 0 Å². The Kier molecular flexibility index (Phi) is 12.9. The molecule has 0 aliphatic heterocycles. The van der Waals surface area contributed by atoms with E-state index in [1.165, 1.54) is 0 Å². The topological polar surface area (TPSA) is 138 Å². The molecule has 1 atom stereocenters. The average Bonchev–Trinajstić information content (AvgIpc) is 2.58. The van der Waals surface area contributed by atoms with Crippen LogP contribution in [0.2, 0.25) is 0 Å². The zero-order chi connectivity index (χ0) is 22.3. The van der Waals surface area contributed by atoms with Crippen LogP contribution in [0.1, 0.15) is 72.6 Å². The second-order valence-electron chi connectivity index (χ2n) is 8.87. The minimum absolute atomic E-state index is 0.169. The number of primary amides is 1. The molecule has 0 aromatic carbocycles. The van der Waals surface area contributed by atoms with Crippen LogP contribution in [0, 0.1) is 33.6 Å². The zero-order valence-corrected chi connectivity index (χ0v) is 18.3. The Morgan fingerprint density at radius 1 is 1.03 bits per heavy atom. The molecule has 8 nitrogen and oxygen atoms in total. The Morgan fingerprint density at radius 3 is 2.28 bits per heavy atom. The van der Waals surface area contributed by atoms with E-state index in [1.54, 1.807) is 6.19 Å². The number of hydrogen-bond donors (Lipinski definition) is 2. The molecular formula is C21H36N4O4. The van der Waals surface area contributed by atoms with E-state index in [4.69, 9.17) is 25.7 Å². The first-order valence-electron chi connectivity index (χ1n) is 10.1. The number of nitrogens with one attached hydrogen (secondary N) is 1. The first-order chi connectivity index (χ1) is 13.5. The van der Waals surface area contributed by atoms with Gasteiger partial charge < -0.3 is 15.2 Å². The molecule has 0 saturated carbocycles. The molecular weight excluding hydrogens is 372 g/mol. The van der Waals surface area contributed by atoms with Crippen molar-refractivity contribution < 1.29 is 19.1 Å². The van der Waals surface area contributed by atoms with E-state index in [9.17, 15) is 9.59 Å². The molecule has 1 unspecified atom stereocenters. The summed E-state index contributed by atoms with van der Waals surface area (Å²) in [6, 6.07) is 2.16. The van der Waals surface area contributed by atoms with Gasteiger partial charge >= 0.3 is 0 Å². The van der Waals surface area contributed by atoms with Crippen LogP contribution in [0.3, 0.4) is 0 Å². The number of hydrogen-bond acceptors (Lipinski definition) is 6. The Balaban J connectivity index is 3.93. The monoisotopic (exact) mass is 408 g/mol. The maximum atomic E-state index is 11.5. The summed E-state index contributed by atoms with van der Waals surface area (Å²) in [7, 11) is 0. The minimum Gasteiger partial charge on any atom is -0.381 e. The van der Waals surface area contributed by atoms with Crippen LogP contribution >= 0.6 is 0 Å². The van der Waals surface area contributed by atoms with Gasteiger partial charge in [0.25, 0.3) is 0 Å². The van der Waals surface area contributed by atoms with Crippen LogP contribution in [-0.4, -0.2) is 37.7 Å². The SMILES string of the molecule is CC(C)(CC#N)CCC(OCCCOCCCC(C)(C)CC(=O)NC#N)C(N)=O. The zero-order valence-electron chi connectivity index (χ0n) is 18.3. The molecule has 0 aliphatic rings. The van der Waals surface area contributed by atoms with Gasteiger partial charge in [0.2, 0.25) is 11.8 Å². The Bertz CT molecular complexity index is 590. The van der Waals surface area contributed by atoms with Crippen LogP contribution in [0.25, 0.3) is 0 Å². The molecule has 0 spiro atoms. The van der Waals surface area contributed by atoms with Crippen molar-refractivity contribution >= 4 is 11.8 Å². The lowest BCUT2D eigenvalue weighted by molar-refractivity contribution is -0.130. The molecule has 0 bridgehead atoms. The molecule has 0 aliphatic carbocycles. The fourth-order valence-electron chi connectivity index (χ4n) is 2.90. The van der Waals surface area contributed by atoms with Crippen LogP contribution in [0.4, 0.5) is 0 Å². The standard InChI is InChI=1S/C21H36N4O4/c1-20(2,10-11-22)9-7-17(19(24)27)29-14-6-13-28-12-5-8-21(3,4)15-18(26)25-16-23/h17H,5-10,12-15H2,1-4H3,(H2,24,27)(H,25,26). The van der Waals surface area contributed by atoms with Crippen LogP contribution in [0.5, 0.6) is 0 Å². The minimum atomic E-state index is -0.645. The van der Waals surface area contributed by atoms with E-state index >= 15 is 0 Å². The highest BCUT2D eigenvalue weighted by Gasteiger charge is 2.23. The van der Waals surface area contributed by atoms with E-state index in [2.05, 4.69) is 11.4 Å². The van der Waals surface area contributed by atoms with Crippen LogP contribution < -0.4 is 11.1 Å². The summed E-state index contributed by atoms with van der Waals surface area (Å²) in [4.78, 5) is 23.0. The van der Waals surface area contributed by atoms with Gasteiger partial charge in [-0.15, -0.1) is 0 Å². The van der Waals surface area contributed by atoms with Crippen molar-refractivity contribution in [2.45, 2.75) is 78.7 Å². The lowest BCUT2D eigenvalue weighted by Gasteiger charge is -2.23.